The van der Waals surface area contributed by atoms with Gasteiger partial charge in [0.1, 0.15) is 6.17 Å². The van der Waals surface area contributed by atoms with Crippen LogP contribution in [0.15, 0.2) is 36.4 Å². The summed E-state index contributed by atoms with van der Waals surface area (Å²) in [7, 11) is 0. The van der Waals surface area contributed by atoms with Crippen LogP contribution in [0.3, 0.4) is 0 Å². The summed E-state index contributed by atoms with van der Waals surface area (Å²) < 4.78 is 12.9. The van der Waals surface area contributed by atoms with Gasteiger partial charge in [-0.1, -0.05) is 24.3 Å². The molecule has 0 saturated carbocycles. The van der Waals surface area contributed by atoms with Gasteiger partial charge in [-0.3, -0.25) is 4.90 Å². The van der Waals surface area contributed by atoms with Gasteiger partial charge in [-0.15, -0.1) is 11.3 Å². The molecule has 1 aromatic heterocycles. The molecule has 1 aromatic carbocycles. The first-order valence-corrected chi connectivity index (χ1v) is 7.05. The topological polar surface area (TPSA) is 3.24 Å². The molecule has 0 spiro atoms. The summed E-state index contributed by atoms with van der Waals surface area (Å²) in [5.41, 5.74) is 2.59. The zero-order chi connectivity index (χ0) is 12.5. The van der Waals surface area contributed by atoms with E-state index in [0.29, 0.717) is 13.1 Å². The average Bonchev–Trinajstić information content (AvgIpc) is 2.74. The first kappa shape index (κ1) is 11.9. The highest BCUT2D eigenvalue weighted by Crippen LogP contribution is 2.31. The van der Waals surface area contributed by atoms with E-state index in [4.69, 9.17) is 0 Å². The van der Waals surface area contributed by atoms with E-state index in [1.165, 1.54) is 20.9 Å². The molecule has 18 heavy (non-hydrogen) atoms. The summed E-state index contributed by atoms with van der Waals surface area (Å²) >= 11 is 1.82. The number of alkyl halides is 1. The molecule has 0 unspecified atom stereocenters. The van der Waals surface area contributed by atoms with Crippen molar-refractivity contribution < 1.29 is 4.39 Å². The number of thiophene rings is 1. The van der Waals surface area contributed by atoms with Crippen molar-refractivity contribution in [2.75, 3.05) is 13.1 Å². The van der Waals surface area contributed by atoms with E-state index in [1.54, 1.807) is 0 Å². The third-order valence-electron chi connectivity index (χ3n) is 3.33. The molecule has 3 heteroatoms. The molecule has 0 bridgehead atoms. The number of hydrogen-bond acceptors (Lipinski definition) is 2. The van der Waals surface area contributed by atoms with Crippen LogP contribution in [-0.2, 0) is 6.54 Å². The SMILES string of the molecule is Cc1ccc(-c2ccccc2CN2CC(F)C2)s1. The minimum absolute atomic E-state index is 0.581. The Kier molecular flexibility index (Phi) is 3.18. The maximum Gasteiger partial charge on any atom is 0.125 e. The maximum atomic E-state index is 12.9. The predicted octanol–water partition coefficient (Wildman–Crippen LogP) is 3.88. The van der Waals surface area contributed by atoms with Crippen LogP contribution in [0.5, 0.6) is 0 Å². The molecule has 0 radical (unpaired) electrons. The van der Waals surface area contributed by atoms with E-state index in [-0.39, 0.29) is 0 Å². The fraction of sp³-hybridized carbons (Fsp3) is 0.333. The zero-order valence-electron chi connectivity index (χ0n) is 10.4. The Morgan fingerprint density at radius 2 is 2.00 bits per heavy atom. The van der Waals surface area contributed by atoms with E-state index < -0.39 is 6.17 Å². The van der Waals surface area contributed by atoms with Gasteiger partial charge in [-0.05, 0) is 30.2 Å². The molecule has 1 saturated heterocycles. The van der Waals surface area contributed by atoms with E-state index in [1.807, 2.05) is 11.3 Å². The van der Waals surface area contributed by atoms with E-state index in [0.717, 1.165) is 6.54 Å². The standard InChI is InChI=1S/C15H16FNS/c1-11-6-7-15(18-11)14-5-3-2-4-12(14)8-17-9-13(16)10-17/h2-7,13H,8-10H2,1H3. The highest BCUT2D eigenvalue weighted by Gasteiger charge is 2.26. The summed E-state index contributed by atoms with van der Waals surface area (Å²) in [5.74, 6) is 0. The van der Waals surface area contributed by atoms with E-state index >= 15 is 0 Å². The number of rotatable bonds is 3. The van der Waals surface area contributed by atoms with Gasteiger partial charge in [0, 0.05) is 29.4 Å². The molecule has 0 N–H and O–H groups in total. The molecular weight excluding hydrogens is 245 g/mol. The number of likely N-dealkylation sites (tertiary alicyclic amines) is 1. The lowest BCUT2D eigenvalue weighted by molar-refractivity contribution is 0.0592. The molecule has 3 rings (SSSR count). The Hall–Kier alpha value is -1.19. The van der Waals surface area contributed by atoms with Gasteiger partial charge in [-0.2, -0.15) is 0 Å². The van der Waals surface area contributed by atoms with Crippen LogP contribution in [-0.4, -0.2) is 24.2 Å². The van der Waals surface area contributed by atoms with Crippen LogP contribution in [0, 0.1) is 6.92 Å². The summed E-state index contributed by atoms with van der Waals surface area (Å²) in [4.78, 5) is 4.79. The number of nitrogens with zero attached hydrogens (tertiary/aromatic N) is 1. The molecule has 0 atom stereocenters. The van der Waals surface area contributed by atoms with Crippen molar-refractivity contribution in [3.8, 4) is 10.4 Å². The Morgan fingerprint density at radius 3 is 2.67 bits per heavy atom. The van der Waals surface area contributed by atoms with Crippen molar-refractivity contribution in [1.82, 2.24) is 4.90 Å². The van der Waals surface area contributed by atoms with Crippen LogP contribution in [0.4, 0.5) is 4.39 Å². The lowest BCUT2D eigenvalue weighted by Crippen LogP contribution is -2.47. The van der Waals surface area contributed by atoms with E-state index in [2.05, 4.69) is 48.2 Å². The van der Waals surface area contributed by atoms with Crippen molar-refractivity contribution in [2.24, 2.45) is 0 Å². The molecule has 0 amide bonds. The van der Waals surface area contributed by atoms with Crippen molar-refractivity contribution in [2.45, 2.75) is 19.6 Å². The number of hydrogen-bond donors (Lipinski definition) is 0. The second kappa shape index (κ2) is 4.82. The van der Waals surface area contributed by atoms with Gasteiger partial charge in [0.15, 0.2) is 0 Å². The molecule has 2 heterocycles. The molecule has 94 valence electrons. The third-order valence-corrected chi connectivity index (χ3v) is 4.36. The van der Waals surface area contributed by atoms with Crippen molar-refractivity contribution >= 4 is 11.3 Å². The number of benzene rings is 1. The molecular formula is C15H16FNS. The Balaban J connectivity index is 1.85. The van der Waals surface area contributed by atoms with Crippen LogP contribution in [0.25, 0.3) is 10.4 Å². The third kappa shape index (κ3) is 2.33. The average molecular weight is 261 g/mol. The van der Waals surface area contributed by atoms with Gasteiger partial charge in [0.05, 0.1) is 0 Å². The highest BCUT2D eigenvalue weighted by molar-refractivity contribution is 7.15. The quantitative estimate of drug-likeness (QED) is 0.810. The van der Waals surface area contributed by atoms with Gasteiger partial charge in [0.25, 0.3) is 0 Å². The fourth-order valence-electron chi connectivity index (χ4n) is 2.35. The zero-order valence-corrected chi connectivity index (χ0v) is 11.2. The normalized spacial score (nSPS) is 16.8. The minimum atomic E-state index is -0.624. The van der Waals surface area contributed by atoms with E-state index in [9.17, 15) is 4.39 Å². The van der Waals surface area contributed by atoms with Crippen LogP contribution in [0.1, 0.15) is 10.4 Å². The first-order chi connectivity index (χ1) is 8.72. The molecule has 0 aliphatic carbocycles. The Bertz CT molecular complexity index is 543. The molecule has 1 fully saturated rings. The smallest absolute Gasteiger partial charge is 0.125 e. The molecule has 1 nitrogen and oxygen atoms in total. The largest absolute Gasteiger partial charge is 0.293 e. The second-order valence-electron chi connectivity index (χ2n) is 4.86. The van der Waals surface area contributed by atoms with Crippen molar-refractivity contribution in [1.29, 1.82) is 0 Å². The number of halogens is 1. The summed E-state index contributed by atoms with van der Waals surface area (Å²) in [6.07, 6.45) is -0.624. The molecule has 2 aromatic rings. The maximum absolute atomic E-state index is 12.9. The highest BCUT2D eigenvalue weighted by atomic mass is 32.1. The summed E-state index contributed by atoms with van der Waals surface area (Å²) in [6.45, 7) is 4.14. The van der Waals surface area contributed by atoms with Crippen LogP contribution >= 0.6 is 11.3 Å². The van der Waals surface area contributed by atoms with Gasteiger partial charge < -0.3 is 0 Å². The first-order valence-electron chi connectivity index (χ1n) is 6.23. The summed E-state index contributed by atoms with van der Waals surface area (Å²) in [6, 6.07) is 12.8. The predicted molar refractivity (Wildman–Crippen MR) is 74.7 cm³/mol. The lowest BCUT2D eigenvalue weighted by atomic mass is 10.0. The van der Waals surface area contributed by atoms with Crippen LogP contribution in [0.2, 0.25) is 0 Å². The van der Waals surface area contributed by atoms with Gasteiger partial charge in [-0.25, -0.2) is 4.39 Å². The van der Waals surface area contributed by atoms with Crippen LogP contribution < -0.4 is 0 Å². The van der Waals surface area contributed by atoms with Gasteiger partial charge >= 0.3 is 0 Å². The lowest BCUT2D eigenvalue weighted by Gasteiger charge is -2.34. The van der Waals surface area contributed by atoms with Gasteiger partial charge in [0.2, 0.25) is 0 Å². The molecule has 1 aliphatic rings. The number of aryl methyl sites for hydroxylation is 1. The Morgan fingerprint density at radius 1 is 1.22 bits per heavy atom. The molecule has 1 aliphatic heterocycles. The fourth-order valence-corrected chi connectivity index (χ4v) is 3.28. The minimum Gasteiger partial charge on any atom is -0.293 e. The second-order valence-corrected chi connectivity index (χ2v) is 6.15. The monoisotopic (exact) mass is 261 g/mol. The summed E-state index contributed by atoms with van der Waals surface area (Å²) in [5, 5.41) is 0. The Labute approximate surface area is 111 Å². The van der Waals surface area contributed by atoms with Crippen molar-refractivity contribution in [3.05, 3.63) is 46.8 Å². The van der Waals surface area contributed by atoms with Crippen molar-refractivity contribution in [3.63, 3.8) is 0 Å².